The molecule has 59 valence electrons. The van der Waals surface area contributed by atoms with Gasteiger partial charge >= 0.3 is 5.97 Å². The van der Waals surface area contributed by atoms with Crippen LogP contribution in [0.2, 0.25) is 0 Å². The third kappa shape index (κ3) is 11.5. The molecular weight excluding hydrogens is 168 g/mol. The van der Waals surface area contributed by atoms with E-state index in [1.54, 1.807) is 0 Å². The second-order valence-corrected chi connectivity index (χ2v) is 1.85. The molecule has 0 saturated heterocycles. The van der Waals surface area contributed by atoms with E-state index in [0.717, 1.165) is 19.3 Å². The molecule has 0 amide bonds. The zero-order valence-electron chi connectivity index (χ0n) is 5.49. The van der Waals surface area contributed by atoms with Gasteiger partial charge in [-0.25, -0.2) is 0 Å². The van der Waals surface area contributed by atoms with Crippen molar-refractivity contribution in [2.75, 3.05) is 0 Å². The fourth-order valence-corrected chi connectivity index (χ4v) is 0.526. The van der Waals surface area contributed by atoms with E-state index < -0.39 is 5.97 Å². The van der Waals surface area contributed by atoms with Gasteiger partial charge in [0.2, 0.25) is 0 Å². The van der Waals surface area contributed by atoms with Crippen LogP contribution in [0, 0.1) is 0 Å². The summed E-state index contributed by atoms with van der Waals surface area (Å²) in [6.45, 7) is 2.06. The standard InChI is InChI=1S/C6H12O2.Cu/c1-2-3-4-5-6(7)8;/h2-5H2,1H3,(H,7,8);. The van der Waals surface area contributed by atoms with Crippen molar-refractivity contribution < 1.29 is 27.0 Å². The normalized spacial score (nSPS) is 8.11. The minimum Gasteiger partial charge on any atom is -0.481 e. The average molecular weight is 180 g/mol. The van der Waals surface area contributed by atoms with E-state index in [1.165, 1.54) is 0 Å². The Hall–Kier alpha value is -0.0105. The Kier molecular flexibility index (Phi) is 10.4. The van der Waals surface area contributed by atoms with E-state index in [9.17, 15) is 4.79 Å². The third-order valence-corrected chi connectivity index (χ3v) is 0.994. The molecule has 0 aromatic rings. The zero-order valence-corrected chi connectivity index (χ0v) is 6.43. The van der Waals surface area contributed by atoms with Crippen LogP contribution in [0.4, 0.5) is 0 Å². The first-order valence-electron chi connectivity index (χ1n) is 2.99. The molecule has 0 aromatic heterocycles. The van der Waals surface area contributed by atoms with Crippen LogP contribution in [-0.2, 0) is 21.9 Å². The van der Waals surface area contributed by atoms with E-state index in [1.807, 2.05) is 0 Å². The quantitative estimate of drug-likeness (QED) is 0.527. The Labute approximate surface area is 66.1 Å². The fourth-order valence-electron chi connectivity index (χ4n) is 0.526. The topological polar surface area (TPSA) is 37.3 Å². The molecule has 2 nitrogen and oxygen atoms in total. The number of unbranched alkanes of at least 4 members (excludes halogenated alkanes) is 2. The van der Waals surface area contributed by atoms with E-state index in [0.29, 0.717) is 6.42 Å². The van der Waals surface area contributed by atoms with Crippen LogP contribution in [-0.4, -0.2) is 11.1 Å². The van der Waals surface area contributed by atoms with Crippen molar-refractivity contribution in [3.63, 3.8) is 0 Å². The van der Waals surface area contributed by atoms with Gasteiger partial charge in [0.1, 0.15) is 0 Å². The monoisotopic (exact) mass is 179 g/mol. The molecule has 0 aliphatic rings. The van der Waals surface area contributed by atoms with Crippen molar-refractivity contribution in [1.29, 1.82) is 0 Å². The van der Waals surface area contributed by atoms with Crippen LogP contribution >= 0.6 is 0 Å². The molecule has 0 rings (SSSR count). The number of rotatable bonds is 4. The fraction of sp³-hybridized carbons (Fsp3) is 0.833. The van der Waals surface area contributed by atoms with Gasteiger partial charge < -0.3 is 5.11 Å². The van der Waals surface area contributed by atoms with Gasteiger partial charge in [0.25, 0.3) is 0 Å². The first-order valence-corrected chi connectivity index (χ1v) is 2.99. The van der Waals surface area contributed by atoms with Crippen molar-refractivity contribution in [3.8, 4) is 0 Å². The van der Waals surface area contributed by atoms with Crippen LogP contribution < -0.4 is 0 Å². The minimum absolute atomic E-state index is 0. The van der Waals surface area contributed by atoms with Crippen LogP contribution in [0.3, 0.4) is 0 Å². The Morgan fingerprint density at radius 3 is 2.33 bits per heavy atom. The molecule has 0 unspecified atom stereocenters. The summed E-state index contributed by atoms with van der Waals surface area (Å²) in [6.07, 6.45) is 3.28. The summed E-state index contributed by atoms with van der Waals surface area (Å²) in [7, 11) is 0. The molecule has 0 atom stereocenters. The maximum absolute atomic E-state index is 9.87. The van der Waals surface area contributed by atoms with Crippen LogP contribution in [0.5, 0.6) is 0 Å². The van der Waals surface area contributed by atoms with Crippen LogP contribution in [0.1, 0.15) is 32.6 Å². The predicted molar refractivity (Wildman–Crippen MR) is 31.8 cm³/mol. The van der Waals surface area contributed by atoms with Gasteiger partial charge in [-0.3, -0.25) is 4.79 Å². The maximum atomic E-state index is 9.87. The molecule has 0 spiro atoms. The Morgan fingerprint density at radius 1 is 1.44 bits per heavy atom. The molecule has 0 aliphatic heterocycles. The van der Waals surface area contributed by atoms with Gasteiger partial charge in [-0.15, -0.1) is 0 Å². The van der Waals surface area contributed by atoms with Crippen LogP contribution in [0.25, 0.3) is 0 Å². The molecule has 0 aliphatic carbocycles. The molecule has 9 heavy (non-hydrogen) atoms. The second kappa shape index (κ2) is 7.99. The third-order valence-electron chi connectivity index (χ3n) is 0.994. The Morgan fingerprint density at radius 2 is 2.00 bits per heavy atom. The maximum Gasteiger partial charge on any atom is 0.303 e. The van der Waals surface area contributed by atoms with Crippen molar-refractivity contribution in [2.45, 2.75) is 32.6 Å². The van der Waals surface area contributed by atoms with Crippen LogP contribution in [0.15, 0.2) is 0 Å². The molecule has 0 bridgehead atoms. The summed E-state index contributed by atoms with van der Waals surface area (Å²) in [5, 5.41) is 8.14. The summed E-state index contributed by atoms with van der Waals surface area (Å²) in [5.74, 6) is -0.682. The van der Waals surface area contributed by atoms with Crippen molar-refractivity contribution in [1.82, 2.24) is 0 Å². The van der Waals surface area contributed by atoms with Crippen molar-refractivity contribution in [2.24, 2.45) is 0 Å². The van der Waals surface area contributed by atoms with E-state index in [2.05, 4.69) is 6.92 Å². The van der Waals surface area contributed by atoms with Gasteiger partial charge in [0.05, 0.1) is 0 Å². The first-order chi connectivity index (χ1) is 3.77. The SMILES string of the molecule is CCCCCC(=O)O.[Cu]. The Balaban J connectivity index is 0. The summed E-state index contributed by atoms with van der Waals surface area (Å²) < 4.78 is 0. The predicted octanol–water partition coefficient (Wildman–Crippen LogP) is 1.65. The largest absolute Gasteiger partial charge is 0.481 e. The van der Waals surface area contributed by atoms with Gasteiger partial charge in [-0.1, -0.05) is 19.8 Å². The molecule has 0 fully saturated rings. The number of carbonyl (C=O) groups is 1. The summed E-state index contributed by atoms with van der Waals surface area (Å²) >= 11 is 0. The average Bonchev–Trinajstić information content (AvgIpc) is 1.66. The van der Waals surface area contributed by atoms with Gasteiger partial charge in [0, 0.05) is 23.5 Å². The number of hydrogen-bond donors (Lipinski definition) is 1. The Bertz CT molecular complexity index is 73.5. The number of carboxylic acids is 1. The molecule has 3 heteroatoms. The zero-order chi connectivity index (χ0) is 6.41. The van der Waals surface area contributed by atoms with Crippen molar-refractivity contribution in [3.05, 3.63) is 0 Å². The molecule has 1 radical (unpaired) electrons. The van der Waals surface area contributed by atoms with Gasteiger partial charge in [0.15, 0.2) is 0 Å². The van der Waals surface area contributed by atoms with Gasteiger partial charge in [-0.2, -0.15) is 0 Å². The summed E-state index contributed by atoms with van der Waals surface area (Å²) in [4.78, 5) is 9.87. The number of hydrogen-bond acceptors (Lipinski definition) is 1. The molecule has 0 aromatic carbocycles. The smallest absolute Gasteiger partial charge is 0.303 e. The first kappa shape index (κ1) is 11.7. The summed E-state index contributed by atoms with van der Waals surface area (Å²) in [6, 6.07) is 0. The second-order valence-electron chi connectivity index (χ2n) is 1.85. The molecular formula is C6H12CuO2. The minimum atomic E-state index is -0.682. The van der Waals surface area contributed by atoms with Gasteiger partial charge in [-0.05, 0) is 6.42 Å². The molecule has 0 heterocycles. The van der Waals surface area contributed by atoms with E-state index in [4.69, 9.17) is 5.11 Å². The molecule has 1 N–H and O–H groups in total. The summed E-state index contributed by atoms with van der Waals surface area (Å²) in [5.41, 5.74) is 0. The molecule has 0 saturated carbocycles. The van der Waals surface area contributed by atoms with E-state index in [-0.39, 0.29) is 17.1 Å². The number of carboxylic acid groups (broad SMARTS) is 1. The number of aliphatic carboxylic acids is 1. The van der Waals surface area contributed by atoms with E-state index >= 15 is 0 Å². The van der Waals surface area contributed by atoms with Crippen molar-refractivity contribution >= 4 is 5.97 Å².